The van der Waals surface area contributed by atoms with Gasteiger partial charge in [-0.25, -0.2) is 13.4 Å². The Morgan fingerprint density at radius 3 is 2.62 bits per heavy atom. The molecule has 1 aromatic carbocycles. The van der Waals surface area contributed by atoms with Gasteiger partial charge in [-0.3, -0.25) is 15.0 Å². The van der Waals surface area contributed by atoms with Gasteiger partial charge in [-0.2, -0.15) is 4.31 Å². The third-order valence-electron chi connectivity index (χ3n) is 6.47. The number of amides is 1. The van der Waals surface area contributed by atoms with Gasteiger partial charge in [0.2, 0.25) is 10.0 Å². The average molecular weight is 477 g/mol. The van der Waals surface area contributed by atoms with Crippen molar-refractivity contribution in [3.05, 3.63) is 40.9 Å². The van der Waals surface area contributed by atoms with Gasteiger partial charge in [-0.15, -0.1) is 11.3 Å². The van der Waals surface area contributed by atoms with Crippen molar-refractivity contribution < 1.29 is 13.2 Å². The fourth-order valence-electron chi connectivity index (χ4n) is 4.56. The van der Waals surface area contributed by atoms with Crippen molar-refractivity contribution in [2.75, 3.05) is 25.5 Å². The smallest absolute Gasteiger partial charge is 0.257 e. The third kappa shape index (κ3) is 5.57. The minimum Gasteiger partial charge on any atom is -0.298 e. The van der Waals surface area contributed by atoms with E-state index in [1.807, 2.05) is 5.38 Å². The number of likely N-dealkylation sites (tertiary alicyclic amines) is 1. The molecule has 1 aromatic heterocycles. The van der Waals surface area contributed by atoms with Gasteiger partial charge in [0.15, 0.2) is 5.13 Å². The molecule has 2 aromatic rings. The molecule has 0 radical (unpaired) electrons. The Kier molecular flexibility index (Phi) is 7.60. The number of anilines is 1. The standard InChI is InChI=1S/C23H32N4O3S2/c1-26(20-10-4-2-5-11-20)32(29,30)21-12-8-9-18(15-21)22(28)25-23-24-19(17-31-23)16-27-13-6-3-7-14-27/h8-9,12,15,17,20H,2-7,10-11,13-14,16H2,1H3,(H,24,25,28). The van der Waals surface area contributed by atoms with E-state index in [9.17, 15) is 13.2 Å². The Hall–Kier alpha value is -1.81. The van der Waals surface area contributed by atoms with Crippen LogP contribution in [0.1, 0.15) is 67.4 Å². The van der Waals surface area contributed by atoms with Crippen LogP contribution >= 0.6 is 11.3 Å². The predicted molar refractivity (Wildman–Crippen MR) is 127 cm³/mol. The summed E-state index contributed by atoms with van der Waals surface area (Å²) >= 11 is 1.40. The molecule has 2 heterocycles. The molecular formula is C23H32N4O3S2. The van der Waals surface area contributed by atoms with Gasteiger partial charge in [0.25, 0.3) is 5.91 Å². The molecule has 1 aliphatic carbocycles. The molecule has 0 bridgehead atoms. The molecule has 9 heteroatoms. The summed E-state index contributed by atoms with van der Waals surface area (Å²) < 4.78 is 27.8. The van der Waals surface area contributed by atoms with Crippen molar-refractivity contribution >= 4 is 32.4 Å². The van der Waals surface area contributed by atoms with Gasteiger partial charge < -0.3 is 0 Å². The lowest BCUT2D eigenvalue weighted by Crippen LogP contribution is -2.38. The van der Waals surface area contributed by atoms with E-state index in [-0.39, 0.29) is 16.8 Å². The summed E-state index contributed by atoms with van der Waals surface area (Å²) in [5.74, 6) is -0.346. The number of thiazole rings is 1. The molecule has 1 amide bonds. The molecule has 2 fully saturated rings. The van der Waals surface area contributed by atoms with Crippen LogP contribution in [0, 0.1) is 0 Å². The summed E-state index contributed by atoms with van der Waals surface area (Å²) in [6, 6.07) is 6.31. The van der Waals surface area contributed by atoms with Crippen LogP contribution in [0.4, 0.5) is 5.13 Å². The maximum absolute atomic E-state index is 13.1. The van der Waals surface area contributed by atoms with Crippen LogP contribution in [0.25, 0.3) is 0 Å². The predicted octanol–water partition coefficient (Wildman–Crippen LogP) is 4.33. The van der Waals surface area contributed by atoms with Crippen LogP contribution in [0.2, 0.25) is 0 Å². The fourth-order valence-corrected chi connectivity index (χ4v) is 6.72. The highest BCUT2D eigenvalue weighted by atomic mass is 32.2. The summed E-state index contributed by atoms with van der Waals surface area (Å²) in [5.41, 5.74) is 1.27. The number of piperidine rings is 1. The number of carbonyl (C=O) groups excluding carboxylic acids is 1. The van der Waals surface area contributed by atoms with Gasteiger partial charge in [0.1, 0.15) is 0 Å². The molecule has 1 aliphatic heterocycles. The monoisotopic (exact) mass is 476 g/mol. The average Bonchev–Trinajstić information content (AvgIpc) is 3.26. The highest BCUT2D eigenvalue weighted by Crippen LogP contribution is 2.27. The van der Waals surface area contributed by atoms with Gasteiger partial charge in [0.05, 0.1) is 10.6 Å². The number of hydrogen-bond donors (Lipinski definition) is 1. The summed E-state index contributed by atoms with van der Waals surface area (Å²) in [5, 5.41) is 5.34. The van der Waals surface area contributed by atoms with Crippen molar-refractivity contribution in [1.82, 2.24) is 14.2 Å². The Morgan fingerprint density at radius 1 is 1.16 bits per heavy atom. The van der Waals surface area contributed by atoms with Crippen molar-refractivity contribution in [2.24, 2.45) is 0 Å². The van der Waals surface area contributed by atoms with E-state index in [4.69, 9.17) is 0 Å². The van der Waals surface area contributed by atoms with E-state index >= 15 is 0 Å². The lowest BCUT2D eigenvalue weighted by molar-refractivity contribution is 0.102. The molecule has 0 atom stereocenters. The lowest BCUT2D eigenvalue weighted by atomic mass is 9.96. The Bertz CT molecular complexity index is 1030. The first kappa shape index (κ1) is 23.4. The zero-order valence-electron chi connectivity index (χ0n) is 18.6. The van der Waals surface area contributed by atoms with Gasteiger partial charge in [0, 0.05) is 30.6 Å². The Balaban J connectivity index is 1.42. The maximum Gasteiger partial charge on any atom is 0.257 e. The van der Waals surface area contributed by atoms with Gasteiger partial charge in [-0.1, -0.05) is 31.7 Å². The SMILES string of the molecule is CN(C1CCCCC1)S(=O)(=O)c1cccc(C(=O)Nc2nc(CN3CCCCC3)cs2)c1. The second kappa shape index (κ2) is 10.4. The second-order valence-corrected chi connectivity index (χ2v) is 11.6. The van der Waals surface area contributed by atoms with Crippen molar-refractivity contribution in [1.29, 1.82) is 0 Å². The Morgan fingerprint density at radius 2 is 1.88 bits per heavy atom. The number of aromatic nitrogens is 1. The number of nitrogens with one attached hydrogen (secondary N) is 1. The first-order valence-corrected chi connectivity index (χ1v) is 13.8. The molecule has 1 N–H and O–H groups in total. The summed E-state index contributed by atoms with van der Waals surface area (Å²) in [4.78, 5) is 19.9. The number of nitrogens with zero attached hydrogens (tertiary/aromatic N) is 3. The highest BCUT2D eigenvalue weighted by molar-refractivity contribution is 7.89. The van der Waals surface area contributed by atoms with E-state index < -0.39 is 10.0 Å². The molecule has 4 rings (SSSR count). The second-order valence-electron chi connectivity index (χ2n) is 8.78. The maximum atomic E-state index is 13.1. The van der Waals surface area contributed by atoms with Crippen molar-refractivity contribution in [3.63, 3.8) is 0 Å². The van der Waals surface area contributed by atoms with Crippen LogP contribution in [-0.2, 0) is 16.6 Å². The first-order chi connectivity index (χ1) is 15.4. The number of hydrogen-bond acceptors (Lipinski definition) is 6. The van der Waals surface area contributed by atoms with Crippen molar-refractivity contribution in [3.8, 4) is 0 Å². The molecule has 7 nitrogen and oxygen atoms in total. The number of sulfonamides is 1. The Labute approximate surface area is 194 Å². The van der Waals surface area contributed by atoms with Gasteiger partial charge >= 0.3 is 0 Å². The number of carbonyl (C=O) groups is 1. The summed E-state index contributed by atoms with van der Waals surface area (Å²) in [6.07, 6.45) is 8.79. The molecule has 0 unspecified atom stereocenters. The topological polar surface area (TPSA) is 82.6 Å². The van der Waals surface area contributed by atoms with E-state index in [2.05, 4.69) is 15.2 Å². The number of benzene rings is 1. The molecule has 0 spiro atoms. The lowest BCUT2D eigenvalue weighted by Gasteiger charge is -2.30. The van der Waals surface area contributed by atoms with E-state index in [1.54, 1.807) is 25.2 Å². The molecule has 1 saturated carbocycles. The molecule has 2 aliphatic rings. The van der Waals surface area contributed by atoms with E-state index in [1.165, 1.54) is 41.0 Å². The van der Waals surface area contributed by atoms with E-state index in [0.29, 0.717) is 10.7 Å². The van der Waals surface area contributed by atoms with Crippen LogP contribution in [0.15, 0.2) is 34.5 Å². The van der Waals surface area contributed by atoms with Crippen molar-refractivity contribution in [2.45, 2.75) is 68.8 Å². The van der Waals surface area contributed by atoms with Crippen LogP contribution in [0.3, 0.4) is 0 Å². The van der Waals surface area contributed by atoms with Crippen LogP contribution in [0.5, 0.6) is 0 Å². The van der Waals surface area contributed by atoms with E-state index in [0.717, 1.165) is 57.4 Å². The third-order valence-corrected chi connectivity index (χ3v) is 9.18. The molecule has 174 valence electrons. The van der Waals surface area contributed by atoms with Gasteiger partial charge in [-0.05, 0) is 57.0 Å². The van der Waals surface area contributed by atoms with Crippen LogP contribution in [-0.4, -0.2) is 54.7 Å². The summed E-state index contributed by atoms with van der Waals surface area (Å²) in [6.45, 7) is 2.99. The first-order valence-electron chi connectivity index (χ1n) is 11.5. The summed E-state index contributed by atoms with van der Waals surface area (Å²) in [7, 11) is -1.99. The number of rotatable bonds is 7. The zero-order chi connectivity index (χ0) is 22.6. The quantitative estimate of drug-likeness (QED) is 0.643. The molecule has 32 heavy (non-hydrogen) atoms. The molecule has 1 saturated heterocycles. The largest absolute Gasteiger partial charge is 0.298 e. The normalized spacial score (nSPS) is 18.7. The highest BCUT2D eigenvalue weighted by Gasteiger charge is 2.29. The van der Waals surface area contributed by atoms with Crippen LogP contribution < -0.4 is 5.32 Å². The molecular weight excluding hydrogens is 444 g/mol. The minimum absolute atomic E-state index is 0.0277. The fraction of sp³-hybridized carbons (Fsp3) is 0.565. The zero-order valence-corrected chi connectivity index (χ0v) is 20.3. The minimum atomic E-state index is -3.64.